The first-order valence-corrected chi connectivity index (χ1v) is 6.71. The van der Waals surface area contributed by atoms with Crippen LogP contribution >= 0.6 is 0 Å². The van der Waals surface area contributed by atoms with E-state index in [0.717, 1.165) is 19.5 Å². The summed E-state index contributed by atoms with van der Waals surface area (Å²) in [6, 6.07) is 18.6. The Balaban J connectivity index is 1.68. The van der Waals surface area contributed by atoms with E-state index in [9.17, 15) is 4.79 Å². The van der Waals surface area contributed by atoms with Crippen LogP contribution in [0.3, 0.4) is 0 Å². The second kappa shape index (κ2) is 5.27. The molecule has 2 nitrogen and oxygen atoms in total. The predicted octanol–water partition coefficient (Wildman–Crippen LogP) is 2.81. The number of hydrogen-bond acceptors (Lipinski definition) is 1. The van der Waals surface area contributed by atoms with Gasteiger partial charge in [0.15, 0.2) is 0 Å². The van der Waals surface area contributed by atoms with Crippen LogP contribution in [-0.4, -0.2) is 17.4 Å². The Morgan fingerprint density at radius 2 is 1.58 bits per heavy atom. The summed E-state index contributed by atoms with van der Waals surface area (Å²) in [5.74, 6) is 0.245. The van der Waals surface area contributed by atoms with Gasteiger partial charge >= 0.3 is 0 Å². The smallest absolute Gasteiger partial charge is 0.227 e. The molecular formula is C17H17NO. The van der Waals surface area contributed by atoms with Gasteiger partial charge in [-0.2, -0.15) is 0 Å². The van der Waals surface area contributed by atoms with Gasteiger partial charge in [-0.3, -0.25) is 4.79 Å². The van der Waals surface area contributed by atoms with Crippen molar-refractivity contribution in [3.05, 3.63) is 71.3 Å². The van der Waals surface area contributed by atoms with Crippen molar-refractivity contribution in [1.82, 2.24) is 4.90 Å². The van der Waals surface area contributed by atoms with Gasteiger partial charge in [0.1, 0.15) is 0 Å². The molecule has 0 atom stereocenters. The first-order chi connectivity index (χ1) is 9.33. The van der Waals surface area contributed by atoms with Crippen molar-refractivity contribution in [3.63, 3.8) is 0 Å². The molecule has 0 saturated carbocycles. The third-order valence-electron chi connectivity index (χ3n) is 3.69. The molecular weight excluding hydrogens is 234 g/mol. The minimum absolute atomic E-state index is 0.245. The van der Waals surface area contributed by atoms with Crippen molar-refractivity contribution in [2.45, 2.75) is 19.4 Å². The second-order valence-corrected chi connectivity index (χ2v) is 5.00. The van der Waals surface area contributed by atoms with Crippen LogP contribution in [0.5, 0.6) is 0 Å². The normalized spacial score (nSPS) is 14.3. The number of nitrogens with zero attached hydrogens (tertiary/aromatic N) is 1. The van der Waals surface area contributed by atoms with E-state index in [1.807, 2.05) is 35.2 Å². The summed E-state index contributed by atoms with van der Waals surface area (Å²) < 4.78 is 0. The van der Waals surface area contributed by atoms with Crippen LogP contribution in [0.15, 0.2) is 54.6 Å². The zero-order valence-corrected chi connectivity index (χ0v) is 10.9. The number of hydrogen-bond donors (Lipinski definition) is 0. The highest BCUT2D eigenvalue weighted by atomic mass is 16.2. The Morgan fingerprint density at radius 3 is 2.37 bits per heavy atom. The summed E-state index contributed by atoms with van der Waals surface area (Å²) in [6.45, 7) is 1.55. The summed E-state index contributed by atoms with van der Waals surface area (Å²) in [7, 11) is 0. The van der Waals surface area contributed by atoms with Crippen molar-refractivity contribution in [2.75, 3.05) is 6.54 Å². The molecule has 19 heavy (non-hydrogen) atoms. The number of carbonyl (C=O) groups is 1. The Labute approximate surface area is 113 Å². The summed E-state index contributed by atoms with van der Waals surface area (Å²) in [5, 5.41) is 0. The average Bonchev–Trinajstić information content (AvgIpc) is 2.46. The fourth-order valence-corrected chi connectivity index (χ4v) is 2.57. The fraction of sp³-hybridized carbons (Fsp3) is 0.235. The fourth-order valence-electron chi connectivity index (χ4n) is 2.57. The lowest BCUT2D eigenvalue weighted by Gasteiger charge is -2.28. The maximum atomic E-state index is 12.1. The predicted molar refractivity (Wildman–Crippen MR) is 75.7 cm³/mol. The molecule has 0 aliphatic carbocycles. The average molecular weight is 251 g/mol. The summed E-state index contributed by atoms with van der Waals surface area (Å²) in [4.78, 5) is 14.1. The molecule has 0 fully saturated rings. The summed E-state index contributed by atoms with van der Waals surface area (Å²) in [5.41, 5.74) is 3.76. The van der Waals surface area contributed by atoms with E-state index >= 15 is 0 Å². The number of rotatable bonds is 3. The largest absolute Gasteiger partial charge is 0.338 e. The van der Waals surface area contributed by atoms with E-state index in [0.29, 0.717) is 6.42 Å². The second-order valence-electron chi connectivity index (χ2n) is 5.00. The van der Waals surface area contributed by atoms with Crippen LogP contribution in [0.2, 0.25) is 0 Å². The van der Waals surface area contributed by atoms with E-state index in [4.69, 9.17) is 0 Å². The molecule has 2 aromatic rings. The highest BCUT2D eigenvalue weighted by Crippen LogP contribution is 2.19. The van der Waals surface area contributed by atoms with Gasteiger partial charge in [-0.05, 0) is 23.1 Å². The molecule has 2 aromatic carbocycles. The number of benzene rings is 2. The van der Waals surface area contributed by atoms with Crippen LogP contribution in [0, 0.1) is 0 Å². The number of fused-ring (bicyclic) bond motifs is 1. The van der Waals surface area contributed by atoms with Gasteiger partial charge < -0.3 is 4.90 Å². The Bertz CT molecular complexity index is 577. The Hall–Kier alpha value is -2.09. The summed E-state index contributed by atoms with van der Waals surface area (Å²) in [6.07, 6.45) is 1.47. The molecule has 3 rings (SSSR count). The first kappa shape index (κ1) is 12.0. The van der Waals surface area contributed by atoms with Crippen molar-refractivity contribution >= 4 is 5.91 Å². The van der Waals surface area contributed by atoms with Gasteiger partial charge in [0.2, 0.25) is 5.91 Å². The van der Waals surface area contributed by atoms with E-state index in [-0.39, 0.29) is 5.91 Å². The topological polar surface area (TPSA) is 20.3 Å². The molecule has 1 amide bonds. The third-order valence-corrected chi connectivity index (χ3v) is 3.69. The lowest BCUT2D eigenvalue weighted by Crippen LogP contribution is -2.37. The number of amides is 1. The lowest BCUT2D eigenvalue weighted by molar-refractivity contribution is -0.131. The quantitative estimate of drug-likeness (QED) is 0.821. The highest BCUT2D eigenvalue weighted by Gasteiger charge is 2.21. The zero-order chi connectivity index (χ0) is 13.1. The minimum atomic E-state index is 0.245. The molecule has 1 aliphatic heterocycles. The van der Waals surface area contributed by atoms with E-state index in [1.54, 1.807) is 0 Å². The molecule has 2 heteroatoms. The summed E-state index contributed by atoms with van der Waals surface area (Å²) >= 11 is 0. The standard InChI is InChI=1S/C17H17NO/c19-17-12-15-8-4-5-9-16(15)13-18(17)11-10-14-6-2-1-3-7-14/h1-9H,10-13H2. The molecule has 0 bridgehead atoms. The molecule has 96 valence electrons. The van der Waals surface area contributed by atoms with Crippen LogP contribution in [-0.2, 0) is 24.2 Å². The van der Waals surface area contributed by atoms with Crippen LogP contribution in [0.1, 0.15) is 16.7 Å². The lowest BCUT2D eigenvalue weighted by atomic mass is 9.99. The maximum Gasteiger partial charge on any atom is 0.227 e. The van der Waals surface area contributed by atoms with Gasteiger partial charge in [-0.15, -0.1) is 0 Å². The Morgan fingerprint density at radius 1 is 0.895 bits per heavy atom. The van der Waals surface area contributed by atoms with Crippen LogP contribution in [0.4, 0.5) is 0 Å². The van der Waals surface area contributed by atoms with Crippen molar-refractivity contribution in [1.29, 1.82) is 0 Å². The van der Waals surface area contributed by atoms with E-state index in [1.165, 1.54) is 16.7 Å². The van der Waals surface area contributed by atoms with Crippen LogP contribution in [0.25, 0.3) is 0 Å². The highest BCUT2D eigenvalue weighted by molar-refractivity contribution is 5.80. The van der Waals surface area contributed by atoms with Crippen LogP contribution < -0.4 is 0 Å². The van der Waals surface area contributed by atoms with Crippen molar-refractivity contribution < 1.29 is 4.79 Å². The molecule has 0 spiro atoms. The maximum absolute atomic E-state index is 12.1. The van der Waals surface area contributed by atoms with Gasteiger partial charge in [0, 0.05) is 13.1 Å². The first-order valence-electron chi connectivity index (χ1n) is 6.71. The SMILES string of the molecule is O=C1Cc2ccccc2CN1CCc1ccccc1. The van der Waals surface area contributed by atoms with Crippen molar-refractivity contribution in [3.8, 4) is 0 Å². The van der Waals surface area contributed by atoms with Gasteiger partial charge in [0.05, 0.1) is 6.42 Å². The van der Waals surface area contributed by atoms with Gasteiger partial charge in [0.25, 0.3) is 0 Å². The molecule has 1 heterocycles. The number of carbonyl (C=O) groups excluding carboxylic acids is 1. The molecule has 0 saturated heterocycles. The molecule has 0 N–H and O–H groups in total. The third kappa shape index (κ3) is 2.68. The zero-order valence-electron chi connectivity index (χ0n) is 10.9. The minimum Gasteiger partial charge on any atom is -0.338 e. The van der Waals surface area contributed by atoms with Gasteiger partial charge in [-0.1, -0.05) is 54.6 Å². The molecule has 1 aliphatic rings. The van der Waals surface area contributed by atoms with Crippen molar-refractivity contribution in [2.24, 2.45) is 0 Å². The van der Waals surface area contributed by atoms with Gasteiger partial charge in [-0.25, -0.2) is 0 Å². The molecule has 0 unspecified atom stereocenters. The molecule has 0 radical (unpaired) electrons. The van der Waals surface area contributed by atoms with E-state index in [2.05, 4.69) is 24.3 Å². The Kier molecular flexibility index (Phi) is 3.32. The molecule has 0 aromatic heterocycles. The van der Waals surface area contributed by atoms with E-state index < -0.39 is 0 Å². The monoisotopic (exact) mass is 251 g/mol.